The van der Waals surface area contributed by atoms with Crippen molar-refractivity contribution in [2.75, 3.05) is 25.0 Å². The van der Waals surface area contributed by atoms with E-state index in [-0.39, 0.29) is 24.2 Å². The van der Waals surface area contributed by atoms with E-state index in [2.05, 4.69) is 5.32 Å². The molecule has 1 aromatic rings. The average molecular weight is 326 g/mol. The standard InChI is InChI=1S/C16H23N3O2.ClH/c17-10-6-9-15(20)18-14-8-3-2-7-13(14)16(21)19-11-4-1-5-12-19;/h2-3,7-8H,1,4-6,9-12,17H2,(H,18,20);1H. The number of piperidine rings is 1. The van der Waals surface area contributed by atoms with Gasteiger partial charge in [-0.3, -0.25) is 9.59 Å². The van der Waals surface area contributed by atoms with Crippen LogP contribution in [0.4, 0.5) is 5.69 Å². The highest BCUT2D eigenvalue weighted by molar-refractivity contribution is 6.03. The first kappa shape index (κ1) is 18.5. The van der Waals surface area contributed by atoms with Crippen LogP contribution in [0.25, 0.3) is 0 Å². The Kier molecular flexibility index (Phi) is 7.91. The smallest absolute Gasteiger partial charge is 0.255 e. The summed E-state index contributed by atoms with van der Waals surface area (Å²) >= 11 is 0. The number of hydrogen-bond donors (Lipinski definition) is 2. The van der Waals surface area contributed by atoms with Gasteiger partial charge in [-0.2, -0.15) is 0 Å². The molecule has 1 fully saturated rings. The molecule has 5 nitrogen and oxygen atoms in total. The quantitative estimate of drug-likeness (QED) is 0.873. The Morgan fingerprint density at radius 1 is 1.14 bits per heavy atom. The van der Waals surface area contributed by atoms with E-state index in [4.69, 9.17) is 5.73 Å². The van der Waals surface area contributed by atoms with Crippen molar-refractivity contribution in [2.45, 2.75) is 32.1 Å². The molecule has 0 unspecified atom stereocenters. The predicted octanol–water partition coefficient (Wildman–Crippen LogP) is 2.41. The number of likely N-dealkylation sites (tertiary alicyclic amines) is 1. The van der Waals surface area contributed by atoms with Crippen molar-refractivity contribution in [3.63, 3.8) is 0 Å². The number of carbonyl (C=O) groups is 2. The molecular formula is C16H24ClN3O2. The van der Waals surface area contributed by atoms with Crippen molar-refractivity contribution < 1.29 is 9.59 Å². The molecule has 1 aromatic carbocycles. The van der Waals surface area contributed by atoms with Crippen LogP contribution in [0.1, 0.15) is 42.5 Å². The van der Waals surface area contributed by atoms with Gasteiger partial charge >= 0.3 is 0 Å². The minimum atomic E-state index is -0.0978. The van der Waals surface area contributed by atoms with Gasteiger partial charge in [-0.1, -0.05) is 12.1 Å². The predicted molar refractivity (Wildman–Crippen MR) is 90.4 cm³/mol. The van der Waals surface area contributed by atoms with E-state index < -0.39 is 0 Å². The number of benzene rings is 1. The lowest BCUT2D eigenvalue weighted by Crippen LogP contribution is -2.36. The Hall–Kier alpha value is -1.59. The number of hydrogen-bond acceptors (Lipinski definition) is 3. The molecule has 0 radical (unpaired) electrons. The highest BCUT2D eigenvalue weighted by atomic mass is 35.5. The molecule has 0 atom stereocenters. The molecule has 0 aromatic heterocycles. The van der Waals surface area contributed by atoms with Gasteiger partial charge in [0, 0.05) is 19.5 Å². The largest absolute Gasteiger partial charge is 0.339 e. The zero-order valence-corrected chi connectivity index (χ0v) is 13.5. The minimum absolute atomic E-state index is 0. The van der Waals surface area contributed by atoms with Crippen LogP contribution in [0.15, 0.2) is 24.3 Å². The lowest BCUT2D eigenvalue weighted by Gasteiger charge is -2.27. The first-order chi connectivity index (χ1) is 10.2. The number of nitrogens with two attached hydrogens (primary N) is 1. The fourth-order valence-electron chi connectivity index (χ4n) is 2.52. The Balaban J connectivity index is 0.00000242. The molecule has 1 saturated heterocycles. The van der Waals surface area contributed by atoms with Crippen LogP contribution in [0.3, 0.4) is 0 Å². The van der Waals surface area contributed by atoms with Gasteiger partial charge in [0.05, 0.1) is 11.3 Å². The van der Waals surface area contributed by atoms with E-state index in [9.17, 15) is 9.59 Å². The van der Waals surface area contributed by atoms with Crippen LogP contribution in [-0.2, 0) is 4.79 Å². The average Bonchev–Trinajstić information content (AvgIpc) is 2.53. The third-order valence-corrected chi connectivity index (χ3v) is 3.68. The summed E-state index contributed by atoms with van der Waals surface area (Å²) in [4.78, 5) is 26.3. The van der Waals surface area contributed by atoms with E-state index in [0.717, 1.165) is 25.9 Å². The number of anilines is 1. The molecule has 0 aliphatic carbocycles. The van der Waals surface area contributed by atoms with E-state index in [1.165, 1.54) is 6.42 Å². The first-order valence-electron chi connectivity index (χ1n) is 7.60. The maximum absolute atomic E-state index is 12.6. The van der Waals surface area contributed by atoms with E-state index >= 15 is 0 Å². The highest BCUT2D eigenvalue weighted by Gasteiger charge is 2.20. The second-order valence-corrected chi connectivity index (χ2v) is 5.34. The highest BCUT2D eigenvalue weighted by Crippen LogP contribution is 2.20. The number of nitrogens with zero attached hydrogens (tertiary/aromatic N) is 1. The Morgan fingerprint density at radius 2 is 1.82 bits per heavy atom. The van der Waals surface area contributed by atoms with Gasteiger partial charge < -0.3 is 16.0 Å². The molecule has 3 N–H and O–H groups in total. The Bertz CT molecular complexity index is 502. The summed E-state index contributed by atoms with van der Waals surface area (Å²) in [6, 6.07) is 7.20. The zero-order chi connectivity index (χ0) is 15.1. The second-order valence-electron chi connectivity index (χ2n) is 5.34. The number of para-hydroxylation sites is 1. The van der Waals surface area contributed by atoms with E-state index in [1.807, 2.05) is 17.0 Å². The molecule has 2 amide bonds. The second kappa shape index (κ2) is 9.43. The molecule has 0 saturated carbocycles. The summed E-state index contributed by atoms with van der Waals surface area (Å²) in [7, 11) is 0. The van der Waals surface area contributed by atoms with E-state index in [0.29, 0.717) is 30.6 Å². The number of amides is 2. The summed E-state index contributed by atoms with van der Waals surface area (Å²) in [5, 5.41) is 2.82. The lowest BCUT2D eigenvalue weighted by atomic mass is 10.1. The Labute approximate surface area is 137 Å². The van der Waals surface area contributed by atoms with Crippen LogP contribution in [0, 0.1) is 0 Å². The van der Waals surface area contributed by atoms with Gasteiger partial charge in [0.1, 0.15) is 0 Å². The third-order valence-electron chi connectivity index (χ3n) is 3.68. The number of nitrogens with one attached hydrogen (secondary N) is 1. The van der Waals surface area contributed by atoms with Crippen molar-refractivity contribution >= 4 is 29.9 Å². The van der Waals surface area contributed by atoms with Gasteiger partial charge in [-0.15, -0.1) is 12.4 Å². The number of halogens is 1. The molecular weight excluding hydrogens is 302 g/mol. The molecule has 6 heteroatoms. The van der Waals surface area contributed by atoms with Gasteiger partial charge in [-0.25, -0.2) is 0 Å². The summed E-state index contributed by atoms with van der Waals surface area (Å²) in [6.45, 7) is 2.09. The Morgan fingerprint density at radius 3 is 2.50 bits per heavy atom. The SMILES string of the molecule is Cl.NCCCC(=O)Nc1ccccc1C(=O)N1CCCCC1. The van der Waals surface area contributed by atoms with E-state index in [1.54, 1.807) is 12.1 Å². The summed E-state index contributed by atoms with van der Waals surface area (Å²) < 4.78 is 0. The number of carbonyl (C=O) groups excluding carboxylic acids is 2. The fourth-order valence-corrected chi connectivity index (χ4v) is 2.52. The topological polar surface area (TPSA) is 75.4 Å². The zero-order valence-electron chi connectivity index (χ0n) is 12.7. The van der Waals surface area contributed by atoms with Crippen molar-refractivity contribution in [1.29, 1.82) is 0 Å². The van der Waals surface area contributed by atoms with Crippen LogP contribution in [-0.4, -0.2) is 36.3 Å². The van der Waals surface area contributed by atoms with Crippen LogP contribution < -0.4 is 11.1 Å². The van der Waals surface area contributed by atoms with Gasteiger partial charge in [0.2, 0.25) is 5.91 Å². The van der Waals surface area contributed by atoms with Crippen molar-refractivity contribution in [3.05, 3.63) is 29.8 Å². The lowest BCUT2D eigenvalue weighted by molar-refractivity contribution is -0.116. The molecule has 0 spiro atoms. The molecule has 1 aliphatic heterocycles. The molecule has 22 heavy (non-hydrogen) atoms. The number of rotatable bonds is 5. The van der Waals surface area contributed by atoms with Crippen molar-refractivity contribution in [3.8, 4) is 0 Å². The minimum Gasteiger partial charge on any atom is -0.339 e. The van der Waals surface area contributed by atoms with Gasteiger partial charge in [-0.05, 0) is 44.4 Å². The summed E-state index contributed by atoms with van der Waals surface area (Å²) in [5.41, 5.74) is 6.57. The van der Waals surface area contributed by atoms with Gasteiger partial charge in [0.25, 0.3) is 5.91 Å². The summed E-state index contributed by atoms with van der Waals surface area (Å²) in [5.74, 6) is -0.0937. The monoisotopic (exact) mass is 325 g/mol. The van der Waals surface area contributed by atoms with Crippen LogP contribution in [0.5, 0.6) is 0 Å². The molecule has 1 heterocycles. The van der Waals surface area contributed by atoms with Crippen molar-refractivity contribution in [1.82, 2.24) is 4.90 Å². The molecule has 122 valence electrons. The summed E-state index contributed by atoms with van der Waals surface area (Å²) in [6.07, 6.45) is 4.31. The molecule has 1 aliphatic rings. The van der Waals surface area contributed by atoms with Gasteiger partial charge in [0.15, 0.2) is 0 Å². The molecule has 2 rings (SSSR count). The van der Waals surface area contributed by atoms with Crippen molar-refractivity contribution in [2.24, 2.45) is 5.73 Å². The maximum atomic E-state index is 12.6. The normalized spacial score (nSPS) is 14.1. The maximum Gasteiger partial charge on any atom is 0.255 e. The van der Waals surface area contributed by atoms with Crippen LogP contribution in [0.2, 0.25) is 0 Å². The third kappa shape index (κ3) is 5.00. The molecule has 0 bridgehead atoms. The first-order valence-corrected chi connectivity index (χ1v) is 7.60. The fraction of sp³-hybridized carbons (Fsp3) is 0.500. The van der Waals surface area contributed by atoms with Crippen LogP contribution >= 0.6 is 12.4 Å².